The second-order valence-electron chi connectivity index (χ2n) is 3.61. The molecule has 0 saturated heterocycles. The van der Waals surface area contributed by atoms with Gasteiger partial charge in [0.05, 0.1) is 11.1 Å². The zero-order chi connectivity index (χ0) is 14.5. The van der Waals surface area contributed by atoms with Crippen LogP contribution in [0.1, 0.15) is 6.92 Å². The second kappa shape index (κ2) is 6.24. The summed E-state index contributed by atoms with van der Waals surface area (Å²) in [5, 5.41) is 13.8. The van der Waals surface area contributed by atoms with Crippen molar-refractivity contribution in [2.45, 2.75) is 6.92 Å². The summed E-state index contributed by atoms with van der Waals surface area (Å²) in [6, 6.07) is 1.63. The van der Waals surface area contributed by atoms with Gasteiger partial charge < -0.3 is 10.1 Å². The number of hydrogen-bond acceptors (Lipinski definition) is 7. The molecule has 2 aromatic rings. The van der Waals surface area contributed by atoms with Gasteiger partial charge in [-0.05, 0) is 28.9 Å². The van der Waals surface area contributed by atoms with E-state index in [1.165, 1.54) is 6.20 Å². The molecule has 2 heterocycles. The van der Waals surface area contributed by atoms with E-state index in [9.17, 15) is 10.1 Å². The van der Waals surface area contributed by atoms with Crippen molar-refractivity contribution in [1.29, 1.82) is 0 Å². The van der Waals surface area contributed by atoms with Crippen LogP contribution < -0.4 is 10.1 Å². The Hall–Kier alpha value is -2.29. The number of pyridine rings is 1. The Morgan fingerprint density at radius 2 is 2.25 bits per heavy atom. The molecule has 0 aromatic carbocycles. The third-order valence-electron chi connectivity index (χ3n) is 2.16. The molecule has 0 spiro atoms. The Balaban J connectivity index is 2.36. The van der Waals surface area contributed by atoms with Crippen molar-refractivity contribution < 1.29 is 9.66 Å². The summed E-state index contributed by atoms with van der Waals surface area (Å²) in [6.07, 6.45) is 4.11. The molecule has 2 aromatic heterocycles. The molecule has 0 saturated carbocycles. The highest BCUT2D eigenvalue weighted by Crippen LogP contribution is 2.30. The summed E-state index contributed by atoms with van der Waals surface area (Å²) in [7, 11) is 0. The molecule has 0 bridgehead atoms. The predicted molar refractivity (Wildman–Crippen MR) is 74.9 cm³/mol. The molecular weight excluding hydrogens is 330 g/mol. The average molecular weight is 340 g/mol. The van der Waals surface area contributed by atoms with Gasteiger partial charge in [0.2, 0.25) is 5.95 Å². The number of anilines is 1. The summed E-state index contributed by atoms with van der Waals surface area (Å²) in [6.45, 7) is 2.46. The molecule has 0 aliphatic carbocycles. The number of ether oxygens (including phenoxy) is 1. The molecule has 1 N–H and O–H groups in total. The van der Waals surface area contributed by atoms with Crippen LogP contribution in [0.15, 0.2) is 29.1 Å². The fourth-order valence-electron chi connectivity index (χ4n) is 1.36. The lowest BCUT2D eigenvalue weighted by molar-refractivity contribution is -0.386. The third-order valence-corrected chi connectivity index (χ3v) is 2.60. The fraction of sp³-hybridized carbons (Fsp3) is 0.182. The summed E-state index contributed by atoms with van der Waals surface area (Å²) in [5.74, 6) is 0.459. The summed E-state index contributed by atoms with van der Waals surface area (Å²) in [4.78, 5) is 22.1. The maximum atomic E-state index is 10.9. The van der Waals surface area contributed by atoms with Crippen LogP contribution >= 0.6 is 15.9 Å². The Kier molecular flexibility index (Phi) is 4.41. The van der Waals surface area contributed by atoms with Gasteiger partial charge in [-0.15, -0.1) is 0 Å². The first-order chi connectivity index (χ1) is 9.60. The van der Waals surface area contributed by atoms with Gasteiger partial charge in [-0.25, -0.2) is 4.98 Å². The number of nitrogens with zero attached hydrogens (tertiary/aromatic N) is 4. The SMILES string of the molecule is CCNc1ncc([N+](=O)[O-])c(Oc2cncc(Br)c2)n1. The minimum Gasteiger partial charge on any atom is -0.432 e. The fourth-order valence-corrected chi connectivity index (χ4v) is 1.71. The zero-order valence-corrected chi connectivity index (χ0v) is 12.0. The van der Waals surface area contributed by atoms with E-state index < -0.39 is 4.92 Å². The van der Waals surface area contributed by atoms with E-state index in [0.29, 0.717) is 16.8 Å². The number of nitrogens with one attached hydrogen (secondary N) is 1. The first kappa shape index (κ1) is 14.1. The number of aromatic nitrogens is 3. The van der Waals surface area contributed by atoms with E-state index in [-0.39, 0.29) is 17.5 Å². The number of hydrogen-bond donors (Lipinski definition) is 1. The quantitative estimate of drug-likeness (QED) is 0.659. The Morgan fingerprint density at radius 3 is 2.90 bits per heavy atom. The minimum atomic E-state index is -0.601. The van der Waals surface area contributed by atoms with Gasteiger partial charge in [0, 0.05) is 17.2 Å². The van der Waals surface area contributed by atoms with Crippen molar-refractivity contribution in [1.82, 2.24) is 15.0 Å². The first-order valence-electron chi connectivity index (χ1n) is 5.64. The van der Waals surface area contributed by atoms with Gasteiger partial charge in [-0.3, -0.25) is 15.1 Å². The van der Waals surface area contributed by atoms with E-state index in [1.54, 1.807) is 12.3 Å². The molecule has 8 nitrogen and oxygen atoms in total. The number of halogens is 1. The van der Waals surface area contributed by atoms with Crippen molar-refractivity contribution in [3.8, 4) is 11.6 Å². The lowest BCUT2D eigenvalue weighted by atomic mass is 10.4. The third kappa shape index (κ3) is 3.38. The summed E-state index contributed by atoms with van der Waals surface area (Å²) < 4.78 is 6.11. The van der Waals surface area contributed by atoms with Crippen molar-refractivity contribution in [2.75, 3.05) is 11.9 Å². The first-order valence-corrected chi connectivity index (χ1v) is 6.43. The van der Waals surface area contributed by atoms with Crippen molar-refractivity contribution in [3.63, 3.8) is 0 Å². The number of rotatable bonds is 5. The monoisotopic (exact) mass is 339 g/mol. The molecule has 0 unspecified atom stereocenters. The summed E-state index contributed by atoms with van der Waals surface area (Å²) >= 11 is 3.24. The molecule has 2 rings (SSSR count). The zero-order valence-electron chi connectivity index (χ0n) is 10.4. The van der Waals surface area contributed by atoms with Crippen molar-refractivity contribution in [2.24, 2.45) is 0 Å². The Morgan fingerprint density at radius 1 is 1.45 bits per heavy atom. The second-order valence-corrected chi connectivity index (χ2v) is 4.53. The normalized spacial score (nSPS) is 10.1. The molecule has 9 heteroatoms. The average Bonchev–Trinajstić information content (AvgIpc) is 2.39. The van der Waals surface area contributed by atoms with Crippen LogP contribution in [-0.4, -0.2) is 26.4 Å². The molecule has 0 aliphatic rings. The lowest BCUT2D eigenvalue weighted by Gasteiger charge is -2.07. The minimum absolute atomic E-state index is 0.138. The van der Waals surface area contributed by atoms with Gasteiger partial charge in [0.1, 0.15) is 11.9 Å². The Labute approximate surface area is 122 Å². The highest BCUT2D eigenvalue weighted by Gasteiger charge is 2.19. The molecule has 0 amide bonds. The Bertz CT molecular complexity index is 637. The van der Waals surface area contributed by atoms with Crippen LogP contribution in [0.3, 0.4) is 0 Å². The predicted octanol–water partition coefficient (Wildman–Crippen LogP) is 2.77. The van der Waals surface area contributed by atoms with E-state index in [4.69, 9.17) is 4.74 Å². The van der Waals surface area contributed by atoms with E-state index in [1.807, 2.05) is 6.92 Å². The van der Waals surface area contributed by atoms with Crippen LogP contribution in [0.4, 0.5) is 11.6 Å². The van der Waals surface area contributed by atoms with E-state index in [0.717, 1.165) is 6.20 Å². The van der Waals surface area contributed by atoms with Crippen molar-refractivity contribution in [3.05, 3.63) is 39.2 Å². The largest absolute Gasteiger partial charge is 0.432 e. The molecule has 0 fully saturated rings. The van der Waals surface area contributed by atoms with E-state index in [2.05, 4.69) is 36.2 Å². The number of nitro groups is 1. The van der Waals surface area contributed by atoms with Crippen molar-refractivity contribution >= 4 is 27.6 Å². The van der Waals surface area contributed by atoms with Gasteiger partial charge in [0.15, 0.2) is 0 Å². The molecular formula is C11H10BrN5O3. The van der Waals surface area contributed by atoms with Gasteiger partial charge in [-0.2, -0.15) is 4.98 Å². The lowest BCUT2D eigenvalue weighted by Crippen LogP contribution is -2.05. The highest BCUT2D eigenvalue weighted by molar-refractivity contribution is 9.10. The molecule has 20 heavy (non-hydrogen) atoms. The van der Waals surface area contributed by atoms with E-state index >= 15 is 0 Å². The maximum absolute atomic E-state index is 10.9. The standard InChI is InChI=1S/C11H10BrN5O3/c1-2-14-11-15-6-9(17(18)19)10(16-11)20-8-3-7(12)4-13-5-8/h3-6H,2H2,1H3,(H,14,15,16). The summed E-state index contributed by atoms with van der Waals surface area (Å²) in [5.41, 5.74) is -0.313. The van der Waals surface area contributed by atoms with Gasteiger partial charge >= 0.3 is 11.6 Å². The van der Waals surface area contributed by atoms with Crippen LogP contribution in [0.2, 0.25) is 0 Å². The van der Waals surface area contributed by atoms with Crippen LogP contribution in [0.25, 0.3) is 0 Å². The molecule has 0 radical (unpaired) electrons. The van der Waals surface area contributed by atoms with Gasteiger partial charge in [0.25, 0.3) is 0 Å². The highest BCUT2D eigenvalue weighted by atomic mass is 79.9. The maximum Gasteiger partial charge on any atom is 0.349 e. The van der Waals surface area contributed by atoms with Gasteiger partial charge in [-0.1, -0.05) is 0 Å². The van der Waals surface area contributed by atoms with Crippen LogP contribution in [-0.2, 0) is 0 Å². The topological polar surface area (TPSA) is 103 Å². The van der Waals surface area contributed by atoms with Crippen LogP contribution in [0.5, 0.6) is 11.6 Å². The molecule has 0 aliphatic heterocycles. The van der Waals surface area contributed by atoms with Crippen LogP contribution in [0, 0.1) is 10.1 Å². The molecule has 0 atom stereocenters. The smallest absolute Gasteiger partial charge is 0.349 e. The molecule has 104 valence electrons.